The molecule has 0 atom stereocenters. The van der Waals surface area contributed by atoms with E-state index in [0.717, 1.165) is 0 Å². The van der Waals surface area contributed by atoms with Crippen molar-refractivity contribution < 1.29 is 9.90 Å². The van der Waals surface area contributed by atoms with E-state index in [9.17, 15) is 4.79 Å². The molecule has 0 aliphatic heterocycles. The number of fused-ring (bicyclic) bond motifs is 1. The van der Waals surface area contributed by atoms with Crippen LogP contribution in [0.5, 0.6) is 0 Å². The van der Waals surface area contributed by atoms with Crippen LogP contribution in [0.15, 0.2) is 12.1 Å². The van der Waals surface area contributed by atoms with Gasteiger partial charge in [0.15, 0.2) is 0 Å². The lowest BCUT2D eigenvalue weighted by Crippen LogP contribution is -1.98. The largest absolute Gasteiger partial charge is 0.477 e. The van der Waals surface area contributed by atoms with Gasteiger partial charge < -0.3 is 15.8 Å². The molecule has 4 nitrogen and oxygen atoms in total. The molecule has 1 heterocycles. The van der Waals surface area contributed by atoms with E-state index in [-0.39, 0.29) is 5.69 Å². The van der Waals surface area contributed by atoms with Gasteiger partial charge in [-0.2, -0.15) is 0 Å². The Morgan fingerprint density at radius 3 is 2.80 bits per heavy atom. The van der Waals surface area contributed by atoms with E-state index < -0.39 is 5.97 Å². The number of nitrogens with one attached hydrogen (secondary N) is 1. The topological polar surface area (TPSA) is 79.1 Å². The molecule has 0 aliphatic carbocycles. The van der Waals surface area contributed by atoms with Crippen LogP contribution < -0.4 is 5.73 Å². The minimum atomic E-state index is -1.00. The number of H-pyrrole nitrogens is 1. The number of halogens is 1. The first-order valence-corrected chi connectivity index (χ1v) is 4.69. The molecule has 0 amide bonds. The molecular weight excluding hydrogens is 216 g/mol. The highest BCUT2D eigenvalue weighted by Crippen LogP contribution is 2.32. The Bertz CT molecular complexity index is 560. The van der Waals surface area contributed by atoms with E-state index in [1.165, 1.54) is 0 Å². The molecule has 4 N–H and O–H groups in total. The van der Waals surface area contributed by atoms with Gasteiger partial charge in [0.25, 0.3) is 0 Å². The van der Waals surface area contributed by atoms with Gasteiger partial charge >= 0.3 is 5.97 Å². The van der Waals surface area contributed by atoms with Gasteiger partial charge in [-0.1, -0.05) is 11.6 Å². The van der Waals surface area contributed by atoms with Crippen molar-refractivity contribution in [2.45, 2.75) is 6.92 Å². The summed E-state index contributed by atoms with van der Waals surface area (Å²) in [7, 11) is 0. The molecule has 0 unspecified atom stereocenters. The summed E-state index contributed by atoms with van der Waals surface area (Å²) in [6.07, 6.45) is 0. The Morgan fingerprint density at radius 1 is 1.53 bits per heavy atom. The number of rotatable bonds is 1. The standard InChI is InChI=1S/C10H9ClN2O2/c1-4-7-6(13-9(4)10(14)15)3-2-5(12)8(7)11/h2-3,13H,12H2,1H3,(H,14,15). The number of aromatic carboxylic acids is 1. The highest BCUT2D eigenvalue weighted by Gasteiger charge is 2.16. The van der Waals surface area contributed by atoms with Crippen LogP contribution in [-0.2, 0) is 0 Å². The lowest BCUT2D eigenvalue weighted by Gasteiger charge is -1.99. The zero-order chi connectivity index (χ0) is 11.2. The molecule has 0 radical (unpaired) electrons. The Morgan fingerprint density at radius 2 is 2.20 bits per heavy atom. The zero-order valence-electron chi connectivity index (χ0n) is 7.97. The molecule has 0 saturated heterocycles. The molecule has 78 valence electrons. The van der Waals surface area contributed by atoms with Crippen LogP contribution in [0.25, 0.3) is 10.9 Å². The van der Waals surface area contributed by atoms with Crippen molar-refractivity contribution in [3.8, 4) is 0 Å². The smallest absolute Gasteiger partial charge is 0.352 e. The third kappa shape index (κ3) is 1.34. The van der Waals surface area contributed by atoms with Crippen molar-refractivity contribution in [2.24, 2.45) is 0 Å². The second-order valence-corrected chi connectivity index (χ2v) is 3.70. The van der Waals surface area contributed by atoms with Crippen molar-refractivity contribution in [2.75, 3.05) is 5.73 Å². The van der Waals surface area contributed by atoms with E-state index >= 15 is 0 Å². The first kappa shape index (κ1) is 9.86. The number of nitrogens with two attached hydrogens (primary N) is 1. The van der Waals surface area contributed by atoms with E-state index in [0.29, 0.717) is 27.2 Å². The van der Waals surface area contributed by atoms with Crippen LogP contribution in [0.3, 0.4) is 0 Å². The number of aromatic amines is 1. The molecule has 0 fully saturated rings. The number of carboxylic acids is 1. The van der Waals surface area contributed by atoms with Gasteiger partial charge in [0, 0.05) is 10.9 Å². The second-order valence-electron chi connectivity index (χ2n) is 3.32. The van der Waals surface area contributed by atoms with E-state index in [1.54, 1.807) is 19.1 Å². The van der Waals surface area contributed by atoms with Gasteiger partial charge in [0.1, 0.15) is 5.69 Å². The fourth-order valence-electron chi connectivity index (χ4n) is 1.63. The van der Waals surface area contributed by atoms with Crippen molar-refractivity contribution >= 4 is 34.2 Å². The Kier molecular flexibility index (Phi) is 2.08. The summed E-state index contributed by atoms with van der Waals surface area (Å²) in [6, 6.07) is 3.36. The maximum absolute atomic E-state index is 10.9. The number of hydrogen-bond donors (Lipinski definition) is 3. The summed E-state index contributed by atoms with van der Waals surface area (Å²) in [4.78, 5) is 13.7. The molecule has 2 aromatic rings. The normalized spacial score (nSPS) is 10.8. The molecule has 0 aliphatic rings. The Balaban J connectivity index is 2.89. The number of nitrogen functional groups attached to an aromatic ring is 1. The lowest BCUT2D eigenvalue weighted by molar-refractivity contribution is 0.0691. The van der Waals surface area contributed by atoms with Gasteiger partial charge in [-0.3, -0.25) is 0 Å². The molecular formula is C10H9ClN2O2. The summed E-state index contributed by atoms with van der Waals surface area (Å²) in [6.45, 7) is 1.70. The quantitative estimate of drug-likeness (QED) is 0.651. The van der Waals surface area contributed by atoms with Gasteiger partial charge in [-0.05, 0) is 24.6 Å². The molecule has 15 heavy (non-hydrogen) atoms. The highest BCUT2D eigenvalue weighted by atomic mass is 35.5. The molecule has 0 saturated carbocycles. The third-order valence-corrected chi connectivity index (χ3v) is 2.80. The number of aryl methyl sites for hydroxylation is 1. The summed E-state index contributed by atoms with van der Waals surface area (Å²) in [5, 5.41) is 9.99. The van der Waals surface area contributed by atoms with Crippen molar-refractivity contribution in [1.29, 1.82) is 0 Å². The number of benzene rings is 1. The SMILES string of the molecule is Cc1c(C(=O)O)[nH]c2ccc(N)c(Cl)c12. The van der Waals surface area contributed by atoms with E-state index in [2.05, 4.69) is 4.98 Å². The predicted molar refractivity (Wildman–Crippen MR) is 59.4 cm³/mol. The zero-order valence-corrected chi connectivity index (χ0v) is 8.72. The third-order valence-electron chi connectivity index (χ3n) is 2.40. The van der Waals surface area contributed by atoms with Crippen molar-refractivity contribution in [1.82, 2.24) is 4.98 Å². The number of aromatic nitrogens is 1. The maximum Gasteiger partial charge on any atom is 0.352 e. The molecule has 0 bridgehead atoms. The molecule has 2 rings (SSSR count). The molecule has 5 heteroatoms. The lowest BCUT2D eigenvalue weighted by atomic mass is 10.1. The van der Waals surface area contributed by atoms with Crippen molar-refractivity contribution in [3.05, 3.63) is 28.4 Å². The van der Waals surface area contributed by atoms with Gasteiger partial charge in [0.05, 0.1) is 10.7 Å². The molecule has 0 spiro atoms. The molecule has 1 aromatic heterocycles. The fraction of sp³-hybridized carbons (Fsp3) is 0.100. The van der Waals surface area contributed by atoms with Gasteiger partial charge in [-0.15, -0.1) is 0 Å². The fourth-order valence-corrected chi connectivity index (χ4v) is 1.94. The van der Waals surface area contributed by atoms with Crippen LogP contribution in [0, 0.1) is 6.92 Å². The number of hydrogen-bond acceptors (Lipinski definition) is 2. The monoisotopic (exact) mass is 224 g/mol. The summed E-state index contributed by atoms with van der Waals surface area (Å²) >= 11 is 6.01. The number of carboxylic acid groups (broad SMARTS) is 1. The van der Waals surface area contributed by atoms with Crippen LogP contribution in [0.1, 0.15) is 16.1 Å². The molecule has 1 aromatic carbocycles. The minimum absolute atomic E-state index is 0.150. The predicted octanol–water partition coefficient (Wildman–Crippen LogP) is 2.41. The average molecular weight is 225 g/mol. The Hall–Kier alpha value is -1.68. The first-order valence-electron chi connectivity index (χ1n) is 4.32. The summed E-state index contributed by atoms with van der Waals surface area (Å²) in [5.74, 6) is -1.00. The van der Waals surface area contributed by atoms with E-state index in [4.69, 9.17) is 22.4 Å². The van der Waals surface area contributed by atoms with Gasteiger partial charge in [0.2, 0.25) is 0 Å². The first-order chi connectivity index (χ1) is 7.02. The minimum Gasteiger partial charge on any atom is -0.477 e. The number of anilines is 1. The van der Waals surface area contributed by atoms with E-state index in [1.807, 2.05) is 0 Å². The Labute approximate surface area is 90.7 Å². The second kappa shape index (κ2) is 3.17. The maximum atomic E-state index is 10.9. The number of carbonyl (C=O) groups is 1. The van der Waals surface area contributed by atoms with Crippen LogP contribution in [0.2, 0.25) is 5.02 Å². The van der Waals surface area contributed by atoms with Crippen LogP contribution >= 0.6 is 11.6 Å². The summed E-state index contributed by atoms with van der Waals surface area (Å²) < 4.78 is 0. The van der Waals surface area contributed by atoms with Crippen molar-refractivity contribution in [3.63, 3.8) is 0 Å². The van der Waals surface area contributed by atoms with Gasteiger partial charge in [-0.25, -0.2) is 4.79 Å². The van der Waals surface area contributed by atoms with Crippen LogP contribution in [-0.4, -0.2) is 16.1 Å². The average Bonchev–Trinajstić information content (AvgIpc) is 2.50. The van der Waals surface area contributed by atoms with Crippen LogP contribution in [0.4, 0.5) is 5.69 Å². The summed E-state index contributed by atoms with van der Waals surface area (Å²) in [5.41, 5.74) is 7.54. The highest BCUT2D eigenvalue weighted by molar-refractivity contribution is 6.38.